The first-order valence-electron chi connectivity index (χ1n) is 4.67. The average Bonchev–Trinajstić information content (AvgIpc) is 2.94. The highest BCUT2D eigenvalue weighted by Crippen LogP contribution is 2.27. The summed E-state index contributed by atoms with van der Waals surface area (Å²) in [6.07, 6.45) is 3.39. The van der Waals surface area contributed by atoms with E-state index in [1.165, 1.54) is 7.11 Å². The van der Waals surface area contributed by atoms with Crippen molar-refractivity contribution in [1.29, 1.82) is 0 Å². The Labute approximate surface area is 106 Å². The third-order valence-corrected chi connectivity index (χ3v) is 3.30. The lowest BCUT2D eigenvalue weighted by atomic mass is 10.6. The second kappa shape index (κ2) is 5.15. The van der Waals surface area contributed by atoms with Crippen LogP contribution >= 0.6 is 22.9 Å². The van der Waals surface area contributed by atoms with Crippen LogP contribution in [0.1, 0.15) is 15.5 Å². The van der Waals surface area contributed by atoms with Crippen LogP contribution < -0.4 is 5.32 Å². The van der Waals surface area contributed by atoms with Crippen molar-refractivity contribution in [2.24, 2.45) is 0 Å². The van der Waals surface area contributed by atoms with E-state index in [9.17, 15) is 4.79 Å². The van der Waals surface area contributed by atoms with Gasteiger partial charge in [0.05, 0.1) is 13.7 Å². The van der Waals surface area contributed by atoms with Gasteiger partial charge >= 0.3 is 5.97 Å². The van der Waals surface area contributed by atoms with Gasteiger partial charge in [-0.15, -0.1) is 0 Å². The number of aromatic amines is 1. The summed E-state index contributed by atoms with van der Waals surface area (Å²) in [5.41, 5.74) is 0. The van der Waals surface area contributed by atoms with Gasteiger partial charge in [0.1, 0.15) is 5.82 Å². The molecule has 2 N–H and O–H groups in total. The number of H-pyrrole nitrogens is 1. The Morgan fingerprint density at radius 3 is 3.18 bits per heavy atom. The lowest BCUT2D eigenvalue weighted by molar-refractivity contribution is 0.0606. The third-order valence-electron chi connectivity index (χ3n) is 1.92. The normalized spacial score (nSPS) is 10.2. The smallest absolute Gasteiger partial charge is 0.351 e. The van der Waals surface area contributed by atoms with Crippen molar-refractivity contribution in [3.8, 4) is 0 Å². The number of halogens is 1. The zero-order valence-corrected chi connectivity index (χ0v) is 10.4. The number of aromatic nitrogens is 3. The number of nitrogens with one attached hydrogen (secondary N) is 2. The second-order valence-electron chi connectivity index (χ2n) is 3.02. The molecule has 6 nitrogen and oxygen atoms in total. The number of hydrogen-bond donors (Lipinski definition) is 2. The number of anilines is 1. The van der Waals surface area contributed by atoms with Crippen molar-refractivity contribution in [2.75, 3.05) is 12.4 Å². The van der Waals surface area contributed by atoms with Crippen LogP contribution in [0, 0.1) is 0 Å². The molecular formula is C9H9ClN4O2S. The van der Waals surface area contributed by atoms with Crippen LogP contribution in [-0.2, 0) is 11.3 Å². The van der Waals surface area contributed by atoms with E-state index >= 15 is 0 Å². The molecule has 8 heteroatoms. The number of thiazole rings is 1. The van der Waals surface area contributed by atoms with Crippen LogP contribution in [0.3, 0.4) is 0 Å². The lowest BCUT2D eigenvalue weighted by Gasteiger charge is -1.97. The molecule has 2 aromatic rings. The summed E-state index contributed by atoms with van der Waals surface area (Å²) in [4.78, 5) is 22.6. The number of nitrogens with zero attached hydrogens (tertiary/aromatic N) is 2. The Morgan fingerprint density at radius 2 is 2.53 bits per heavy atom. The molecule has 90 valence electrons. The fraction of sp³-hybridized carbons (Fsp3) is 0.222. The van der Waals surface area contributed by atoms with E-state index in [1.54, 1.807) is 12.4 Å². The zero-order valence-electron chi connectivity index (χ0n) is 8.86. The van der Waals surface area contributed by atoms with Gasteiger partial charge in [0, 0.05) is 12.4 Å². The Hall–Kier alpha value is -1.60. The predicted octanol–water partition coefficient (Wildman–Crippen LogP) is 1.92. The minimum atomic E-state index is -0.487. The molecule has 0 spiro atoms. The third kappa shape index (κ3) is 2.75. The molecule has 0 saturated heterocycles. The molecule has 0 aliphatic rings. The van der Waals surface area contributed by atoms with Crippen molar-refractivity contribution in [3.05, 3.63) is 28.2 Å². The highest BCUT2D eigenvalue weighted by Gasteiger charge is 2.17. The SMILES string of the molecule is COC(=O)c1sc(NCc2ncc[nH]2)nc1Cl. The maximum absolute atomic E-state index is 11.3. The van der Waals surface area contributed by atoms with E-state index in [4.69, 9.17) is 11.6 Å². The van der Waals surface area contributed by atoms with Crippen LogP contribution in [0.25, 0.3) is 0 Å². The molecule has 0 bridgehead atoms. The summed E-state index contributed by atoms with van der Waals surface area (Å²) in [6.45, 7) is 0.484. The second-order valence-corrected chi connectivity index (χ2v) is 4.38. The van der Waals surface area contributed by atoms with Gasteiger partial charge in [-0.1, -0.05) is 22.9 Å². The van der Waals surface area contributed by atoms with Crippen LogP contribution in [-0.4, -0.2) is 28.0 Å². The lowest BCUT2D eigenvalue weighted by Crippen LogP contribution is -2.00. The number of hydrogen-bond acceptors (Lipinski definition) is 6. The first kappa shape index (κ1) is 11.9. The van der Waals surface area contributed by atoms with Crippen LogP contribution in [0.5, 0.6) is 0 Å². The monoisotopic (exact) mass is 272 g/mol. The van der Waals surface area contributed by atoms with Gasteiger partial charge in [-0.3, -0.25) is 0 Å². The molecule has 0 aliphatic heterocycles. The first-order chi connectivity index (χ1) is 8.20. The van der Waals surface area contributed by atoms with Gasteiger partial charge in [-0.2, -0.15) is 0 Å². The number of ether oxygens (including phenoxy) is 1. The molecule has 2 rings (SSSR count). The Kier molecular flexibility index (Phi) is 3.60. The number of imidazole rings is 1. The molecule has 0 unspecified atom stereocenters. The van der Waals surface area contributed by atoms with Crippen molar-refractivity contribution in [3.63, 3.8) is 0 Å². The van der Waals surface area contributed by atoms with Crippen LogP contribution in [0.15, 0.2) is 12.4 Å². The molecule has 0 saturated carbocycles. The maximum Gasteiger partial charge on any atom is 0.351 e. The fourth-order valence-electron chi connectivity index (χ4n) is 1.15. The minimum Gasteiger partial charge on any atom is -0.465 e. The van der Waals surface area contributed by atoms with E-state index in [-0.39, 0.29) is 10.0 Å². The van der Waals surface area contributed by atoms with Crippen molar-refractivity contribution < 1.29 is 9.53 Å². The van der Waals surface area contributed by atoms with Gasteiger partial charge in [-0.25, -0.2) is 14.8 Å². The molecule has 2 aromatic heterocycles. The van der Waals surface area contributed by atoms with Crippen molar-refractivity contribution in [1.82, 2.24) is 15.0 Å². The molecule has 0 aromatic carbocycles. The number of carbonyl (C=O) groups is 1. The molecule has 0 aliphatic carbocycles. The Bertz CT molecular complexity index is 511. The van der Waals surface area contributed by atoms with E-state index in [0.717, 1.165) is 17.2 Å². The topological polar surface area (TPSA) is 79.9 Å². The summed E-state index contributed by atoms with van der Waals surface area (Å²) in [6, 6.07) is 0. The molecule has 0 amide bonds. The largest absolute Gasteiger partial charge is 0.465 e. The molecule has 0 fully saturated rings. The molecule has 0 radical (unpaired) electrons. The predicted molar refractivity (Wildman–Crippen MR) is 64.4 cm³/mol. The Morgan fingerprint density at radius 1 is 1.71 bits per heavy atom. The summed E-state index contributed by atoms with van der Waals surface area (Å²) in [5, 5.41) is 3.70. The average molecular weight is 273 g/mol. The van der Waals surface area contributed by atoms with Gasteiger partial charge in [0.25, 0.3) is 0 Å². The number of esters is 1. The fourth-order valence-corrected chi connectivity index (χ4v) is 2.25. The van der Waals surface area contributed by atoms with Gasteiger partial charge in [-0.05, 0) is 0 Å². The Balaban J connectivity index is 2.05. The molecule has 2 heterocycles. The molecular weight excluding hydrogens is 264 g/mol. The maximum atomic E-state index is 11.3. The van der Waals surface area contributed by atoms with Crippen LogP contribution in [0.2, 0.25) is 5.15 Å². The quantitative estimate of drug-likeness (QED) is 0.831. The molecule has 17 heavy (non-hydrogen) atoms. The van der Waals surface area contributed by atoms with Gasteiger partial charge in [0.15, 0.2) is 15.2 Å². The number of methoxy groups -OCH3 is 1. The van der Waals surface area contributed by atoms with Crippen LogP contribution in [0.4, 0.5) is 5.13 Å². The standard InChI is InChI=1S/C9H9ClN4O2S/c1-16-8(15)6-7(10)14-9(17-6)13-4-5-11-2-3-12-5/h2-3H,4H2,1H3,(H,11,12)(H,13,14). The number of carbonyl (C=O) groups excluding carboxylic acids is 1. The van der Waals surface area contributed by atoms with E-state index in [2.05, 4.69) is 25.0 Å². The summed E-state index contributed by atoms with van der Waals surface area (Å²) < 4.78 is 4.58. The zero-order chi connectivity index (χ0) is 12.3. The summed E-state index contributed by atoms with van der Waals surface area (Å²) in [5.74, 6) is 0.287. The van der Waals surface area contributed by atoms with Crippen molar-refractivity contribution >= 4 is 34.0 Å². The van der Waals surface area contributed by atoms with E-state index in [0.29, 0.717) is 11.7 Å². The van der Waals surface area contributed by atoms with Gasteiger partial charge < -0.3 is 15.0 Å². The minimum absolute atomic E-state index is 0.142. The van der Waals surface area contributed by atoms with Gasteiger partial charge in [0.2, 0.25) is 0 Å². The molecule has 0 atom stereocenters. The summed E-state index contributed by atoms with van der Waals surface area (Å²) in [7, 11) is 1.30. The van der Waals surface area contributed by atoms with Crippen molar-refractivity contribution in [2.45, 2.75) is 6.54 Å². The number of rotatable bonds is 4. The van der Waals surface area contributed by atoms with E-state index < -0.39 is 5.97 Å². The first-order valence-corrected chi connectivity index (χ1v) is 5.87. The highest BCUT2D eigenvalue weighted by atomic mass is 35.5. The summed E-state index contributed by atoms with van der Waals surface area (Å²) >= 11 is 6.96. The van der Waals surface area contributed by atoms with E-state index in [1.807, 2.05) is 0 Å². The highest BCUT2D eigenvalue weighted by molar-refractivity contribution is 7.18.